The van der Waals surface area contributed by atoms with E-state index in [1.165, 1.54) is 15.8 Å². The van der Waals surface area contributed by atoms with Gasteiger partial charge in [-0.15, -0.1) is 22.9 Å². The molecule has 2 heterocycles. The van der Waals surface area contributed by atoms with Gasteiger partial charge in [-0.05, 0) is 32.0 Å². The number of nitrogens with zero attached hydrogens (tertiary/aromatic N) is 2. The SMILES string of the molecule is Cc1ccc(Cn2c(C(C)Cl)nc3cc(Cl)c(F)cc32)s1. The molecule has 6 heteroatoms. The molecule has 110 valence electrons. The number of benzene rings is 1. The maximum absolute atomic E-state index is 13.8. The van der Waals surface area contributed by atoms with E-state index in [1.807, 2.05) is 11.5 Å². The number of imidazole rings is 1. The lowest BCUT2D eigenvalue weighted by molar-refractivity contribution is 0.628. The van der Waals surface area contributed by atoms with Gasteiger partial charge in [-0.1, -0.05) is 11.6 Å². The van der Waals surface area contributed by atoms with Crippen LogP contribution in [0, 0.1) is 12.7 Å². The number of hydrogen-bond donors (Lipinski definition) is 0. The first-order valence-corrected chi connectivity index (χ1v) is 8.13. The summed E-state index contributed by atoms with van der Waals surface area (Å²) in [5, 5.41) is -0.187. The summed E-state index contributed by atoms with van der Waals surface area (Å²) in [5.41, 5.74) is 1.38. The molecule has 0 radical (unpaired) electrons. The van der Waals surface area contributed by atoms with Crippen molar-refractivity contribution in [3.05, 3.63) is 50.7 Å². The van der Waals surface area contributed by atoms with Crippen LogP contribution in [0.15, 0.2) is 24.3 Å². The van der Waals surface area contributed by atoms with Gasteiger partial charge in [0.15, 0.2) is 0 Å². The maximum atomic E-state index is 13.8. The maximum Gasteiger partial charge on any atom is 0.144 e. The van der Waals surface area contributed by atoms with Crippen molar-refractivity contribution in [2.24, 2.45) is 0 Å². The molecule has 3 aromatic rings. The van der Waals surface area contributed by atoms with E-state index in [4.69, 9.17) is 23.2 Å². The van der Waals surface area contributed by atoms with Gasteiger partial charge in [-0.3, -0.25) is 0 Å². The minimum atomic E-state index is -0.443. The fraction of sp³-hybridized carbons (Fsp3) is 0.267. The fourth-order valence-electron chi connectivity index (χ4n) is 2.33. The average molecular weight is 343 g/mol. The molecular weight excluding hydrogens is 330 g/mol. The van der Waals surface area contributed by atoms with E-state index >= 15 is 0 Å². The summed E-state index contributed by atoms with van der Waals surface area (Å²) in [6.07, 6.45) is 0. The third-order valence-electron chi connectivity index (χ3n) is 3.29. The zero-order valence-electron chi connectivity index (χ0n) is 11.5. The Hall–Kier alpha value is -1.10. The summed E-state index contributed by atoms with van der Waals surface area (Å²) < 4.78 is 15.7. The summed E-state index contributed by atoms with van der Waals surface area (Å²) in [4.78, 5) is 6.92. The molecule has 1 unspecified atom stereocenters. The number of rotatable bonds is 3. The van der Waals surface area contributed by atoms with Gasteiger partial charge in [-0.25, -0.2) is 9.37 Å². The Morgan fingerprint density at radius 3 is 2.76 bits per heavy atom. The molecule has 2 nitrogen and oxygen atoms in total. The van der Waals surface area contributed by atoms with Crippen molar-refractivity contribution < 1.29 is 4.39 Å². The summed E-state index contributed by atoms with van der Waals surface area (Å²) in [7, 11) is 0. The van der Waals surface area contributed by atoms with Crippen LogP contribution in [0.4, 0.5) is 4.39 Å². The average Bonchev–Trinajstić information content (AvgIpc) is 2.96. The Balaban J connectivity index is 2.17. The van der Waals surface area contributed by atoms with Crippen molar-refractivity contribution in [1.82, 2.24) is 9.55 Å². The van der Waals surface area contributed by atoms with Gasteiger partial charge in [0.05, 0.1) is 28.0 Å². The normalized spacial score (nSPS) is 13.0. The highest BCUT2D eigenvalue weighted by Gasteiger charge is 2.17. The Morgan fingerprint density at radius 2 is 2.14 bits per heavy atom. The first-order valence-electron chi connectivity index (χ1n) is 6.50. The van der Waals surface area contributed by atoms with Crippen LogP contribution >= 0.6 is 34.5 Å². The second-order valence-corrected chi connectivity index (χ2v) is 7.37. The van der Waals surface area contributed by atoms with Crippen molar-refractivity contribution in [3.8, 4) is 0 Å². The minimum absolute atomic E-state index is 0.0768. The van der Waals surface area contributed by atoms with Gasteiger partial charge < -0.3 is 4.57 Å². The van der Waals surface area contributed by atoms with E-state index in [0.717, 1.165) is 5.82 Å². The van der Waals surface area contributed by atoms with E-state index in [2.05, 4.69) is 24.0 Å². The van der Waals surface area contributed by atoms with E-state index < -0.39 is 5.82 Å². The molecule has 0 fully saturated rings. The fourth-order valence-corrected chi connectivity index (χ4v) is 3.54. The van der Waals surface area contributed by atoms with Gasteiger partial charge in [0.25, 0.3) is 0 Å². The molecule has 0 N–H and O–H groups in total. The number of hydrogen-bond acceptors (Lipinski definition) is 2. The van der Waals surface area contributed by atoms with Crippen LogP contribution < -0.4 is 0 Å². The van der Waals surface area contributed by atoms with E-state index in [0.29, 0.717) is 17.6 Å². The first-order chi connectivity index (χ1) is 9.95. The molecule has 1 atom stereocenters. The molecule has 0 aliphatic carbocycles. The third kappa shape index (κ3) is 2.80. The van der Waals surface area contributed by atoms with Gasteiger partial charge in [0.1, 0.15) is 11.6 Å². The number of aromatic nitrogens is 2. The quantitative estimate of drug-likeness (QED) is 0.571. The largest absolute Gasteiger partial charge is 0.321 e. The zero-order chi connectivity index (χ0) is 15.1. The van der Waals surface area contributed by atoms with Gasteiger partial charge in [0, 0.05) is 15.8 Å². The third-order valence-corrected chi connectivity index (χ3v) is 4.76. The molecule has 0 saturated heterocycles. The molecule has 3 rings (SSSR count). The number of halogens is 3. The summed E-state index contributed by atoms with van der Waals surface area (Å²) in [6.45, 7) is 4.55. The standard InChI is InChI=1S/C15H13Cl2FN2S/c1-8-3-4-10(21-8)7-20-14-6-12(18)11(17)5-13(14)19-15(20)9(2)16/h3-6,9H,7H2,1-2H3. The molecule has 0 aliphatic heterocycles. The van der Waals surface area contributed by atoms with Crippen LogP contribution in [0.1, 0.15) is 27.9 Å². The summed E-state index contributed by atoms with van der Waals surface area (Å²) >= 11 is 13.8. The Morgan fingerprint density at radius 1 is 1.38 bits per heavy atom. The van der Waals surface area contributed by atoms with Crippen LogP contribution in [0.5, 0.6) is 0 Å². The monoisotopic (exact) mass is 342 g/mol. The van der Waals surface area contributed by atoms with Crippen molar-refractivity contribution in [1.29, 1.82) is 0 Å². The zero-order valence-corrected chi connectivity index (χ0v) is 13.9. The Kier molecular flexibility index (Phi) is 3.95. The number of thiophene rings is 1. The lowest BCUT2D eigenvalue weighted by Crippen LogP contribution is -2.04. The first kappa shape index (κ1) is 14.8. The molecule has 21 heavy (non-hydrogen) atoms. The van der Waals surface area contributed by atoms with E-state index in [9.17, 15) is 4.39 Å². The second kappa shape index (κ2) is 5.59. The molecule has 1 aromatic carbocycles. The highest BCUT2D eigenvalue weighted by atomic mass is 35.5. The van der Waals surface area contributed by atoms with Crippen molar-refractivity contribution in [3.63, 3.8) is 0 Å². The van der Waals surface area contributed by atoms with Crippen molar-refractivity contribution in [2.75, 3.05) is 0 Å². The second-order valence-electron chi connectivity index (χ2n) is 4.94. The van der Waals surface area contributed by atoms with Gasteiger partial charge >= 0.3 is 0 Å². The Labute approximate surface area is 136 Å². The smallest absolute Gasteiger partial charge is 0.144 e. The molecule has 0 bridgehead atoms. The van der Waals surface area contributed by atoms with Crippen molar-refractivity contribution >= 4 is 45.6 Å². The van der Waals surface area contributed by atoms with Crippen LogP contribution in [-0.4, -0.2) is 9.55 Å². The molecule has 0 spiro atoms. The highest BCUT2D eigenvalue weighted by molar-refractivity contribution is 7.11. The highest BCUT2D eigenvalue weighted by Crippen LogP contribution is 2.29. The molecular formula is C15H13Cl2FN2S. The Bertz CT molecular complexity index is 807. The van der Waals surface area contributed by atoms with Crippen LogP contribution in [-0.2, 0) is 6.54 Å². The summed E-state index contributed by atoms with van der Waals surface area (Å²) in [6, 6.07) is 7.11. The van der Waals surface area contributed by atoms with Crippen LogP contribution in [0.25, 0.3) is 11.0 Å². The van der Waals surface area contributed by atoms with Gasteiger partial charge in [-0.2, -0.15) is 0 Å². The lowest BCUT2D eigenvalue weighted by Gasteiger charge is -2.09. The topological polar surface area (TPSA) is 17.8 Å². The molecule has 0 saturated carbocycles. The molecule has 0 amide bonds. The summed E-state index contributed by atoms with van der Waals surface area (Å²) in [5.74, 6) is 0.279. The predicted molar refractivity (Wildman–Crippen MR) is 87.1 cm³/mol. The lowest BCUT2D eigenvalue weighted by atomic mass is 10.3. The molecule has 2 aromatic heterocycles. The molecule has 0 aliphatic rings. The van der Waals surface area contributed by atoms with E-state index in [1.54, 1.807) is 17.4 Å². The van der Waals surface area contributed by atoms with E-state index in [-0.39, 0.29) is 10.4 Å². The van der Waals surface area contributed by atoms with Gasteiger partial charge in [0.2, 0.25) is 0 Å². The van der Waals surface area contributed by atoms with Crippen molar-refractivity contribution in [2.45, 2.75) is 25.8 Å². The number of fused-ring (bicyclic) bond motifs is 1. The van der Waals surface area contributed by atoms with Crippen LogP contribution in [0.3, 0.4) is 0 Å². The predicted octanol–water partition coefficient (Wildman–Crippen LogP) is 5.55. The number of aryl methyl sites for hydroxylation is 1. The van der Waals surface area contributed by atoms with Crippen LogP contribution in [0.2, 0.25) is 5.02 Å². The minimum Gasteiger partial charge on any atom is -0.321 e. The number of alkyl halides is 1.